The molecule has 0 saturated carbocycles. The van der Waals surface area contributed by atoms with Crippen LogP contribution in [0.4, 0.5) is 10.5 Å². The Morgan fingerprint density at radius 1 is 1.48 bits per heavy atom. The maximum Gasteiger partial charge on any atom is 0.322 e. The average Bonchev–Trinajstić information content (AvgIpc) is 2.98. The lowest BCUT2D eigenvalue weighted by Crippen LogP contribution is -2.40. The fourth-order valence-electron chi connectivity index (χ4n) is 2.50. The molecule has 1 aliphatic heterocycles. The number of nitrogens with one attached hydrogen (secondary N) is 1. The van der Waals surface area contributed by atoms with Crippen LogP contribution in [0, 0.1) is 0 Å². The lowest BCUT2D eigenvalue weighted by atomic mass is 10.2. The van der Waals surface area contributed by atoms with Gasteiger partial charge in [0, 0.05) is 6.54 Å². The maximum atomic E-state index is 12.3. The number of nitrogens with zero attached hydrogens (tertiary/aromatic N) is 1. The van der Waals surface area contributed by atoms with Crippen molar-refractivity contribution in [1.82, 2.24) is 4.90 Å². The van der Waals surface area contributed by atoms with E-state index in [1.807, 2.05) is 24.3 Å². The molecular formula is C16H24N2O3. The molecule has 0 aromatic heterocycles. The van der Waals surface area contributed by atoms with Gasteiger partial charge in [0.15, 0.2) is 0 Å². The third-order valence-corrected chi connectivity index (χ3v) is 3.73. The van der Waals surface area contributed by atoms with E-state index >= 15 is 0 Å². The van der Waals surface area contributed by atoms with Crippen molar-refractivity contribution in [2.24, 2.45) is 0 Å². The molecule has 2 rings (SSSR count). The number of carbonyl (C=O) groups is 1. The number of aliphatic hydroxyl groups excluding tert-OH is 1. The van der Waals surface area contributed by atoms with Crippen LogP contribution in [0.5, 0.6) is 5.75 Å². The Bertz CT molecular complexity index is 465. The number of aliphatic hydroxyl groups is 1. The zero-order valence-corrected chi connectivity index (χ0v) is 12.5. The van der Waals surface area contributed by atoms with Crippen molar-refractivity contribution in [3.8, 4) is 5.75 Å². The van der Waals surface area contributed by atoms with E-state index in [0.717, 1.165) is 25.7 Å². The van der Waals surface area contributed by atoms with E-state index in [4.69, 9.17) is 4.74 Å². The molecule has 0 bridgehead atoms. The number of rotatable bonds is 6. The van der Waals surface area contributed by atoms with Crippen molar-refractivity contribution < 1.29 is 14.6 Å². The minimum absolute atomic E-state index is 0.0159. The molecule has 21 heavy (non-hydrogen) atoms. The van der Waals surface area contributed by atoms with Gasteiger partial charge in [-0.25, -0.2) is 4.79 Å². The molecule has 1 fully saturated rings. The lowest BCUT2D eigenvalue weighted by Gasteiger charge is -2.24. The van der Waals surface area contributed by atoms with Gasteiger partial charge in [-0.3, -0.25) is 0 Å². The summed E-state index contributed by atoms with van der Waals surface area (Å²) in [5.41, 5.74) is 0.683. The monoisotopic (exact) mass is 292 g/mol. The SMILES string of the molecule is CCCCOc1ccccc1NC(=O)N1CCC[C@H]1CO. The highest BCUT2D eigenvalue weighted by molar-refractivity contribution is 5.91. The van der Waals surface area contributed by atoms with Gasteiger partial charge in [0.25, 0.3) is 0 Å². The van der Waals surface area contributed by atoms with Crippen LogP contribution in [0.1, 0.15) is 32.6 Å². The van der Waals surface area contributed by atoms with Crippen LogP contribution in [0.2, 0.25) is 0 Å². The third-order valence-electron chi connectivity index (χ3n) is 3.73. The predicted octanol–water partition coefficient (Wildman–Crippen LogP) is 2.85. The van der Waals surface area contributed by atoms with Gasteiger partial charge in [-0.05, 0) is 31.4 Å². The Balaban J connectivity index is 2.00. The first-order valence-electron chi connectivity index (χ1n) is 7.66. The highest BCUT2D eigenvalue weighted by atomic mass is 16.5. The van der Waals surface area contributed by atoms with E-state index in [9.17, 15) is 9.90 Å². The Morgan fingerprint density at radius 3 is 3.05 bits per heavy atom. The Hall–Kier alpha value is -1.75. The second-order valence-corrected chi connectivity index (χ2v) is 5.30. The number of ether oxygens (including phenoxy) is 1. The standard InChI is InChI=1S/C16H24N2O3/c1-2-3-11-21-15-9-5-4-8-14(15)17-16(20)18-10-6-7-13(18)12-19/h4-5,8-9,13,19H,2-3,6-7,10-12H2,1H3,(H,17,20)/t13-/m0/s1. The van der Waals surface area contributed by atoms with Crippen molar-refractivity contribution in [1.29, 1.82) is 0 Å². The van der Waals surface area contributed by atoms with Gasteiger partial charge in [0.1, 0.15) is 5.75 Å². The first-order valence-corrected chi connectivity index (χ1v) is 7.66. The van der Waals surface area contributed by atoms with E-state index < -0.39 is 0 Å². The zero-order valence-electron chi connectivity index (χ0n) is 12.5. The van der Waals surface area contributed by atoms with Crippen LogP contribution < -0.4 is 10.1 Å². The molecule has 116 valence electrons. The van der Waals surface area contributed by atoms with E-state index in [2.05, 4.69) is 12.2 Å². The fourth-order valence-corrected chi connectivity index (χ4v) is 2.50. The van der Waals surface area contributed by atoms with Crippen LogP contribution in [0.25, 0.3) is 0 Å². The van der Waals surface area contributed by atoms with Gasteiger partial charge in [0.2, 0.25) is 0 Å². The zero-order chi connectivity index (χ0) is 15.1. The average molecular weight is 292 g/mol. The minimum atomic E-state index is -0.168. The van der Waals surface area contributed by atoms with Crippen LogP contribution >= 0.6 is 0 Å². The molecule has 1 aliphatic rings. The van der Waals surface area contributed by atoms with E-state index in [0.29, 0.717) is 24.6 Å². The summed E-state index contributed by atoms with van der Waals surface area (Å²) in [5.74, 6) is 0.694. The molecule has 2 N–H and O–H groups in total. The lowest BCUT2D eigenvalue weighted by molar-refractivity contribution is 0.166. The Kier molecular flexibility index (Phi) is 5.87. The summed E-state index contributed by atoms with van der Waals surface area (Å²) in [7, 11) is 0. The van der Waals surface area contributed by atoms with Gasteiger partial charge in [0.05, 0.1) is 24.9 Å². The summed E-state index contributed by atoms with van der Waals surface area (Å²) in [6.45, 7) is 3.46. The summed E-state index contributed by atoms with van der Waals surface area (Å²) >= 11 is 0. The maximum absolute atomic E-state index is 12.3. The summed E-state index contributed by atoms with van der Waals surface area (Å²) in [6, 6.07) is 7.22. The van der Waals surface area contributed by atoms with Crippen LogP contribution in [0.15, 0.2) is 24.3 Å². The molecule has 2 amide bonds. The number of amides is 2. The highest BCUT2D eigenvalue weighted by Crippen LogP contribution is 2.25. The number of unbranched alkanes of at least 4 members (excludes halogenated alkanes) is 1. The molecule has 0 aliphatic carbocycles. The molecule has 1 atom stereocenters. The predicted molar refractivity (Wildman–Crippen MR) is 82.7 cm³/mol. The van der Waals surface area contributed by atoms with Crippen LogP contribution in [0.3, 0.4) is 0 Å². The quantitative estimate of drug-likeness (QED) is 0.793. The van der Waals surface area contributed by atoms with Crippen LogP contribution in [-0.4, -0.2) is 41.8 Å². The molecule has 5 heteroatoms. The molecule has 1 aromatic rings. The van der Waals surface area contributed by atoms with Gasteiger partial charge in [-0.15, -0.1) is 0 Å². The van der Waals surface area contributed by atoms with Gasteiger partial charge in [-0.1, -0.05) is 25.5 Å². The topological polar surface area (TPSA) is 61.8 Å². The Morgan fingerprint density at radius 2 is 2.29 bits per heavy atom. The number of anilines is 1. The first kappa shape index (κ1) is 15.6. The molecule has 0 spiro atoms. The largest absolute Gasteiger partial charge is 0.491 e. The molecule has 1 saturated heterocycles. The van der Waals surface area contributed by atoms with Crippen molar-refractivity contribution in [3.63, 3.8) is 0 Å². The van der Waals surface area contributed by atoms with Gasteiger partial charge >= 0.3 is 6.03 Å². The number of para-hydroxylation sites is 2. The number of benzene rings is 1. The molecule has 1 heterocycles. The summed E-state index contributed by atoms with van der Waals surface area (Å²) in [4.78, 5) is 14.0. The third kappa shape index (κ3) is 4.11. The number of carbonyl (C=O) groups excluding carboxylic acids is 1. The molecular weight excluding hydrogens is 268 g/mol. The first-order chi connectivity index (χ1) is 10.3. The van der Waals surface area contributed by atoms with Crippen molar-refractivity contribution in [2.75, 3.05) is 25.1 Å². The Labute approximate surface area is 125 Å². The number of hydrogen-bond donors (Lipinski definition) is 2. The van der Waals surface area contributed by atoms with Gasteiger partial charge in [-0.2, -0.15) is 0 Å². The number of hydrogen-bond acceptors (Lipinski definition) is 3. The number of likely N-dealkylation sites (tertiary alicyclic amines) is 1. The van der Waals surface area contributed by atoms with Gasteiger partial charge < -0.3 is 20.1 Å². The van der Waals surface area contributed by atoms with Crippen molar-refractivity contribution in [3.05, 3.63) is 24.3 Å². The van der Waals surface area contributed by atoms with E-state index in [-0.39, 0.29) is 18.7 Å². The summed E-state index contributed by atoms with van der Waals surface area (Å²) in [6.07, 6.45) is 3.85. The van der Waals surface area contributed by atoms with Crippen molar-refractivity contribution in [2.45, 2.75) is 38.6 Å². The summed E-state index contributed by atoms with van der Waals surface area (Å²) in [5, 5.41) is 12.2. The minimum Gasteiger partial charge on any atom is -0.491 e. The second kappa shape index (κ2) is 7.88. The highest BCUT2D eigenvalue weighted by Gasteiger charge is 2.28. The normalized spacial score (nSPS) is 17.8. The fraction of sp³-hybridized carbons (Fsp3) is 0.562. The smallest absolute Gasteiger partial charge is 0.322 e. The number of urea groups is 1. The second-order valence-electron chi connectivity index (χ2n) is 5.30. The van der Waals surface area contributed by atoms with E-state index in [1.54, 1.807) is 4.90 Å². The van der Waals surface area contributed by atoms with Crippen molar-refractivity contribution >= 4 is 11.7 Å². The summed E-state index contributed by atoms with van der Waals surface area (Å²) < 4.78 is 5.71. The molecule has 0 radical (unpaired) electrons. The molecule has 5 nitrogen and oxygen atoms in total. The van der Waals surface area contributed by atoms with E-state index in [1.165, 1.54) is 0 Å². The molecule has 0 unspecified atom stereocenters. The van der Waals surface area contributed by atoms with Crippen LogP contribution in [-0.2, 0) is 0 Å². The molecule has 1 aromatic carbocycles.